The van der Waals surface area contributed by atoms with Crippen molar-refractivity contribution < 1.29 is 24.0 Å². The third-order valence-electron chi connectivity index (χ3n) is 4.88. The first-order valence-electron chi connectivity index (χ1n) is 8.97. The van der Waals surface area contributed by atoms with Crippen LogP contribution in [0.1, 0.15) is 32.3 Å². The van der Waals surface area contributed by atoms with E-state index in [-0.39, 0.29) is 23.8 Å². The van der Waals surface area contributed by atoms with E-state index in [1.54, 1.807) is 7.11 Å². The number of quaternary nitrogens is 1. The number of hydrogen-bond acceptors (Lipinski definition) is 4. The lowest BCUT2D eigenvalue weighted by Crippen LogP contribution is -3.17. The quantitative estimate of drug-likeness (QED) is 0.706. The Morgan fingerprint density at radius 3 is 2.44 bits per heavy atom. The van der Waals surface area contributed by atoms with Crippen LogP contribution in [-0.2, 0) is 20.9 Å². The van der Waals surface area contributed by atoms with Crippen LogP contribution in [0.5, 0.6) is 5.75 Å². The van der Waals surface area contributed by atoms with Crippen molar-refractivity contribution in [3.05, 3.63) is 29.8 Å². The maximum atomic E-state index is 12.4. The average Bonchev–Trinajstić information content (AvgIpc) is 2.66. The number of methoxy groups -OCH3 is 1. The summed E-state index contributed by atoms with van der Waals surface area (Å²) in [5, 5.41) is 3.00. The van der Waals surface area contributed by atoms with Gasteiger partial charge >= 0.3 is 5.97 Å². The molecule has 2 N–H and O–H groups in total. The van der Waals surface area contributed by atoms with Crippen molar-refractivity contribution in [2.24, 2.45) is 5.92 Å². The monoisotopic (exact) mass is 349 g/mol. The SMILES string of the molecule is CCOC(=O)C1CC[NH+]([C@@H](C)C(=O)NCc2ccc(OC)cc2)CC1. The van der Waals surface area contributed by atoms with E-state index in [1.165, 1.54) is 4.90 Å². The Morgan fingerprint density at radius 2 is 1.88 bits per heavy atom. The fourth-order valence-corrected chi connectivity index (χ4v) is 3.19. The maximum absolute atomic E-state index is 12.4. The summed E-state index contributed by atoms with van der Waals surface area (Å²) < 4.78 is 10.2. The number of rotatable bonds is 7. The van der Waals surface area contributed by atoms with Gasteiger partial charge in [-0.25, -0.2) is 0 Å². The Morgan fingerprint density at radius 1 is 1.24 bits per heavy atom. The van der Waals surface area contributed by atoms with Gasteiger partial charge in [-0.3, -0.25) is 9.59 Å². The van der Waals surface area contributed by atoms with Gasteiger partial charge in [-0.15, -0.1) is 0 Å². The Labute approximate surface area is 149 Å². The van der Waals surface area contributed by atoms with Gasteiger partial charge in [0.25, 0.3) is 5.91 Å². The number of amides is 1. The molecule has 1 atom stereocenters. The summed E-state index contributed by atoms with van der Waals surface area (Å²) in [5.74, 6) is 0.731. The molecular weight excluding hydrogens is 320 g/mol. The van der Waals surface area contributed by atoms with Crippen LogP contribution in [0, 0.1) is 5.92 Å². The van der Waals surface area contributed by atoms with Crippen molar-refractivity contribution in [3.8, 4) is 5.75 Å². The first kappa shape index (κ1) is 19.2. The number of benzene rings is 1. The smallest absolute Gasteiger partial charge is 0.309 e. The van der Waals surface area contributed by atoms with Crippen LogP contribution < -0.4 is 15.0 Å². The van der Waals surface area contributed by atoms with Gasteiger partial charge < -0.3 is 19.7 Å². The topological polar surface area (TPSA) is 69.1 Å². The number of ether oxygens (including phenoxy) is 2. The van der Waals surface area contributed by atoms with Crippen LogP contribution >= 0.6 is 0 Å². The summed E-state index contributed by atoms with van der Waals surface area (Å²) in [6, 6.07) is 7.54. The molecule has 6 nitrogen and oxygen atoms in total. The largest absolute Gasteiger partial charge is 0.497 e. The van der Waals surface area contributed by atoms with Gasteiger partial charge in [0.2, 0.25) is 0 Å². The molecule has 1 saturated heterocycles. The lowest BCUT2D eigenvalue weighted by atomic mass is 9.96. The summed E-state index contributed by atoms with van der Waals surface area (Å²) in [6.45, 7) is 6.35. The van der Waals surface area contributed by atoms with Crippen LogP contribution in [0.15, 0.2) is 24.3 Å². The molecule has 0 bridgehead atoms. The zero-order chi connectivity index (χ0) is 18.2. The molecular formula is C19H29N2O4+. The molecule has 25 heavy (non-hydrogen) atoms. The minimum absolute atomic E-state index is 0.0155. The first-order chi connectivity index (χ1) is 12.0. The number of hydrogen-bond donors (Lipinski definition) is 2. The number of piperidine rings is 1. The normalized spacial score (nSPS) is 21.2. The zero-order valence-electron chi connectivity index (χ0n) is 15.3. The Bertz CT molecular complexity index is 565. The van der Waals surface area contributed by atoms with E-state index >= 15 is 0 Å². The van der Waals surface area contributed by atoms with E-state index in [2.05, 4.69) is 5.32 Å². The second kappa shape index (κ2) is 9.42. The van der Waals surface area contributed by atoms with E-state index in [0.717, 1.165) is 37.2 Å². The molecule has 1 aliphatic heterocycles. The lowest BCUT2D eigenvalue weighted by molar-refractivity contribution is -0.919. The molecule has 0 aromatic heterocycles. The fraction of sp³-hybridized carbons (Fsp3) is 0.579. The molecule has 0 spiro atoms. The third kappa shape index (κ3) is 5.46. The highest BCUT2D eigenvalue weighted by molar-refractivity contribution is 5.80. The number of nitrogens with one attached hydrogen (secondary N) is 2. The van der Waals surface area contributed by atoms with Crippen LogP contribution in [0.2, 0.25) is 0 Å². The second-order valence-corrected chi connectivity index (χ2v) is 6.47. The Kier molecular flexibility index (Phi) is 7.25. The molecule has 0 unspecified atom stereocenters. The van der Waals surface area contributed by atoms with Crippen molar-refractivity contribution in [2.45, 2.75) is 39.3 Å². The zero-order valence-corrected chi connectivity index (χ0v) is 15.3. The number of carbonyl (C=O) groups is 2. The van der Waals surface area contributed by atoms with Crippen LogP contribution in [0.25, 0.3) is 0 Å². The molecule has 0 saturated carbocycles. The predicted molar refractivity (Wildman–Crippen MR) is 94.4 cm³/mol. The van der Waals surface area contributed by atoms with E-state index < -0.39 is 0 Å². The highest BCUT2D eigenvalue weighted by atomic mass is 16.5. The molecule has 1 aromatic rings. The van der Waals surface area contributed by atoms with Crippen molar-refractivity contribution in [1.29, 1.82) is 0 Å². The minimum atomic E-state index is -0.124. The van der Waals surface area contributed by atoms with E-state index in [0.29, 0.717) is 13.2 Å². The van der Waals surface area contributed by atoms with Crippen LogP contribution in [0.3, 0.4) is 0 Å². The van der Waals surface area contributed by atoms with Crippen LogP contribution in [0.4, 0.5) is 0 Å². The highest BCUT2D eigenvalue weighted by Crippen LogP contribution is 2.12. The number of likely N-dealkylation sites (tertiary alicyclic amines) is 1. The Balaban J connectivity index is 1.77. The van der Waals surface area contributed by atoms with E-state index in [4.69, 9.17) is 9.47 Å². The van der Waals surface area contributed by atoms with Gasteiger partial charge in [0.05, 0.1) is 32.7 Å². The van der Waals surface area contributed by atoms with Gasteiger partial charge in [0.1, 0.15) is 5.75 Å². The summed E-state index contributed by atoms with van der Waals surface area (Å²) in [7, 11) is 1.63. The molecule has 1 heterocycles. The van der Waals surface area contributed by atoms with E-state index in [1.807, 2.05) is 38.1 Å². The lowest BCUT2D eigenvalue weighted by Gasteiger charge is -2.31. The molecule has 1 aromatic carbocycles. The molecule has 6 heteroatoms. The minimum Gasteiger partial charge on any atom is -0.497 e. The average molecular weight is 349 g/mol. The predicted octanol–water partition coefficient (Wildman–Crippen LogP) is 0.558. The molecule has 1 amide bonds. The first-order valence-corrected chi connectivity index (χ1v) is 8.97. The molecule has 0 radical (unpaired) electrons. The van der Waals surface area contributed by atoms with Gasteiger partial charge in [-0.2, -0.15) is 0 Å². The summed E-state index contributed by atoms with van der Waals surface area (Å²) in [5.41, 5.74) is 1.04. The van der Waals surface area contributed by atoms with Gasteiger partial charge in [-0.1, -0.05) is 12.1 Å². The fourth-order valence-electron chi connectivity index (χ4n) is 3.19. The summed E-state index contributed by atoms with van der Waals surface area (Å²) >= 11 is 0. The molecule has 1 aliphatic rings. The highest BCUT2D eigenvalue weighted by Gasteiger charge is 2.33. The van der Waals surface area contributed by atoms with Gasteiger partial charge in [0.15, 0.2) is 6.04 Å². The molecule has 2 rings (SSSR count). The van der Waals surface area contributed by atoms with E-state index in [9.17, 15) is 9.59 Å². The Hall–Kier alpha value is -2.08. The van der Waals surface area contributed by atoms with Crippen LogP contribution in [-0.4, -0.2) is 44.7 Å². The standard InChI is InChI=1S/C19H28N2O4/c1-4-25-19(23)16-9-11-21(12-10-16)14(2)18(22)20-13-15-5-7-17(24-3)8-6-15/h5-8,14,16H,4,9-13H2,1-3H3,(H,20,22)/p+1/t14-/m0/s1. The molecule has 138 valence electrons. The van der Waals surface area contributed by atoms with Crippen molar-refractivity contribution in [1.82, 2.24) is 5.32 Å². The number of esters is 1. The van der Waals surface area contributed by atoms with Crippen molar-refractivity contribution in [2.75, 3.05) is 26.8 Å². The van der Waals surface area contributed by atoms with Crippen molar-refractivity contribution >= 4 is 11.9 Å². The van der Waals surface area contributed by atoms with Crippen molar-refractivity contribution in [3.63, 3.8) is 0 Å². The summed E-state index contributed by atoms with van der Waals surface area (Å²) in [4.78, 5) is 25.4. The number of carbonyl (C=O) groups excluding carboxylic acids is 2. The summed E-state index contributed by atoms with van der Waals surface area (Å²) in [6.07, 6.45) is 1.56. The van der Waals surface area contributed by atoms with Gasteiger partial charge in [0, 0.05) is 19.4 Å². The third-order valence-corrected chi connectivity index (χ3v) is 4.88. The molecule has 1 fully saturated rings. The molecule has 0 aliphatic carbocycles. The second-order valence-electron chi connectivity index (χ2n) is 6.47. The maximum Gasteiger partial charge on any atom is 0.309 e. The van der Waals surface area contributed by atoms with Gasteiger partial charge in [-0.05, 0) is 31.5 Å².